The maximum absolute atomic E-state index is 5.63. The summed E-state index contributed by atoms with van der Waals surface area (Å²) in [7, 11) is 1.67. The molecule has 3 rings (SSSR count). The molecule has 0 saturated heterocycles. The molecule has 20 heavy (non-hydrogen) atoms. The molecular formula is C15H16N4O. The largest absolute Gasteiger partial charge is 0.497 e. The van der Waals surface area contributed by atoms with Crippen molar-refractivity contribution < 1.29 is 4.74 Å². The van der Waals surface area contributed by atoms with Crippen molar-refractivity contribution in [2.75, 3.05) is 13.7 Å². The van der Waals surface area contributed by atoms with Gasteiger partial charge in [-0.15, -0.1) is 0 Å². The van der Waals surface area contributed by atoms with Gasteiger partial charge < -0.3 is 10.5 Å². The first-order valence-electron chi connectivity index (χ1n) is 6.49. The van der Waals surface area contributed by atoms with Gasteiger partial charge in [0.25, 0.3) is 0 Å². The average Bonchev–Trinajstić information content (AvgIpc) is 2.94. The fourth-order valence-electron chi connectivity index (χ4n) is 2.30. The van der Waals surface area contributed by atoms with Gasteiger partial charge in [0, 0.05) is 30.4 Å². The van der Waals surface area contributed by atoms with Crippen LogP contribution in [0.15, 0.2) is 42.9 Å². The maximum Gasteiger partial charge on any atom is 0.145 e. The van der Waals surface area contributed by atoms with Crippen LogP contribution < -0.4 is 10.5 Å². The van der Waals surface area contributed by atoms with Gasteiger partial charge in [-0.2, -0.15) is 0 Å². The SMILES string of the molecule is COc1ccc2c(-n3ccnc3CCN)nccc2c1. The summed E-state index contributed by atoms with van der Waals surface area (Å²) in [6.07, 6.45) is 6.20. The van der Waals surface area contributed by atoms with Crippen LogP contribution in [0.1, 0.15) is 5.82 Å². The van der Waals surface area contributed by atoms with Gasteiger partial charge in [0.15, 0.2) is 0 Å². The van der Waals surface area contributed by atoms with Crippen molar-refractivity contribution in [3.63, 3.8) is 0 Å². The van der Waals surface area contributed by atoms with Gasteiger partial charge in [-0.1, -0.05) is 0 Å². The van der Waals surface area contributed by atoms with E-state index in [4.69, 9.17) is 10.5 Å². The molecule has 0 unspecified atom stereocenters. The van der Waals surface area contributed by atoms with Gasteiger partial charge in [0.1, 0.15) is 17.4 Å². The fourth-order valence-corrected chi connectivity index (χ4v) is 2.30. The first-order chi connectivity index (χ1) is 9.83. The second-order valence-corrected chi connectivity index (χ2v) is 4.47. The minimum atomic E-state index is 0.565. The van der Waals surface area contributed by atoms with Crippen molar-refractivity contribution in [3.8, 4) is 11.6 Å². The number of pyridine rings is 1. The number of ether oxygens (including phenoxy) is 1. The molecule has 3 aromatic rings. The Morgan fingerprint density at radius 2 is 2.10 bits per heavy atom. The third-order valence-electron chi connectivity index (χ3n) is 3.26. The molecule has 5 nitrogen and oxygen atoms in total. The van der Waals surface area contributed by atoms with Crippen molar-refractivity contribution in [1.82, 2.24) is 14.5 Å². The number of nitrogens with two attached hydrogens (primary N) is 1. The number of imidazole rings is 1. The molecule has 2 aromatic heterocycles. The van der Waals surface area contributed by atoms with Gasteiger partial charge in [0.2, 0.25) is 0 Å². The Morgan fingerprint density at radius 1 is 1.20 bits per heavy atom. The molecule has 0 spiro atoms. The third-order valence-corrected chi connectivity index (χ3v) is 3.26. The molecule has 0 radical (unpaired) electrons. The Bertz CT molecular complexity index is 736. The first kappa shape index (κ1) is 12.6. The highest BCUT2D eigenvalue weighted by Crippen LogP contribution is 2.25. The van der Waals surface area contributed by atoms with Gasteiger partial charge >= 0.3 is 0 Å². The number of hydrogen-bond donors (Lipinski definition) is 1. The van der Waals surface area contributed by atoms with Gasteiger partial charge in [-0.3, -0.25) is 4.57 Å². The summed E-state index contributed by atoms with van der Waals surface area (Å²) in [6.45, 7) is 0.565. The molecule has 1 aromatic carbocycles. The van der Waals surface area contributed by atoms with E-state index >= 15 is 0 Å². The van der Waals surface area contributed by atoms with Crippen LogP contribution in [0.4, 0.5) is 0 Å². The molecule has 102 valence electrons. The standard InChI is InChI=1S/C15H16N4O/c1-20-12-2-3-13-11(10-12)5-7-18-15(13)19-9-8-17-14(19)4-6-16/h2-3,5,7-10H,4,6,16H2,1H3. The van der Waals surface area contributed by atoms with Gasteiger partial charge in [-0.05, 0) is 36.2 Å². The molecule has 0 amide bonds. The summed E-state index contributed by atoms with van der Waals surface area (Å²) < 4.78 is 7.25. The number of benzene rings is 1. The summed E-state index contributed by atoms with van der Waals surface area (Å²) in [5.41, 5.74) is 5.63. The topological polar surface area (TPSA) is 66.0 Å². The third kappa shape index (κ3) is 2.12. The molecule has 5 heteroatoms. The van der Waals surface area contributed by atoms with Crippen LogP contribution in [-0.2, 0) is 6.42 Å². The molecule has 0 saturated carbocycles. The zero-order valence-corrected chi connectivity index (χ0v) is 11.3. The van der Waals surface area contributed by atoms with Crippen molar-refractivity contribution in [2.24, 2.45) is 5.73 Å². The summed E-state index contributed by atoms with van der Waals surface area (Å²) in [5, 5.41) is 2.14. The van der Waals surface area contributed by atoms with E-state index in [1.165, 1.54) is 0 Å². The van der Waals surface area contributed by atoms with Crippen molar-refractivity contribution >= 4 is 10.8 Å². The molecule has 2 heterocycles. The van der Waals surface area contributed by atoms with Crippen LogP contribution in [0.2, 0.25) is 0 Å². The molecule has 2 N–H and O–H groups in total. The lowest BCUT2D eigenvalue weighted by Gasteiger charge is -2.10. The van der Waals surface area contributed by atoms with Crippen LogP contribution in [-0.4, -0.2) is 28.2 Å². The highest BCUT2D eigenvalue weighted by atomic mass is 16.5. The second-order valence-electron chi connectivity index (χ2n) is 4.47. The molecule has 0 aliphatic rings. The lowest BCUT2D eigenvalue weighted by molar-refractivity contribution is 0.415. The Balaban J connectivity index is 2.18. The summed E-state index contributed by atoms with van der Waals surface area (Å²) >= 11 is 0. The predicted octanol–water partition coefficient (Wildman–Crippen LogP) is 1.93. The number of hydrogen-bond acceptors (Lipinski definition) is 4. The van der Waals surface area contributed by atoms with E-state index in [1.807, 2.05) is 35.0 Å². The van der Waals surface area contributed by atoms with Crippen LogP contribution >= 0.6 is 0 Å². The Labute approximate surface area is 117 Å². The quantitative estimate of drug-likeness (QED) is 0.785. The van der Waals surface area contributed by atoms with E-state index in [2.05, 4.69) is 9.97 Å². The van der Waals surface area contributed by atoms with E-state index in [0.717, 1.165) is 34.6 Å². The maximum atomic E-state index is 5.63. The Hall–Kier alpha value is -2.40. The van der Waals surface area contributed by atoms with E-state index in [-0.39, 0.29) is 0 Å². The second kappa shape index (κ2) is 5.30. The van der Waals surface area contributed by atoms with E-state index < -0.39 is 0 Å². The van der Waals surface area contributed by atoms with Gasteiger partial charge in [0.05, 0.1) is 7.11 Å². The van der Waals surface area contributed by atoms with Crippen molar-refractivity contribution in [3.05, 3.63) is 48.7 Å². The van der Waals surface area contributed by atoms with Gasteiger partial charge in [-0.25, -0.2) is 9.97 Å². The predicted molar refractivity (Wildman–Crippen MR) is 78.2 cm³/mol. The minimum absolute atomic E-state index is 0.565. The molecule has 0 aliphatic carbocycles. The van der Waals surface area contributed by atoms with Crippen LogP contribution in [0.5, 0.6) is 5.75 Å². The van der Waals surface area contributed by atoms with E-state index in [0.29, 0.717) is 6.54 Å². The van der Waals surface area contributed by atoms with Crippen molar-refractivity contribution in [1.29, 1.82) is 0 Å². The smallest absolute Gasteiger partial charge is 0.145 e. The van der Waals surface area contributed by atoms with Crippen LogP contribution in [0.3, 0.4) is 0 Å². The number of nitrogens with zero attached hydrogens (tertiary/aromatic N) is 3. The monoisotopic (exact) mass is 268 g/mol. The number of methoxy groups -OCH3 is 1. The molecule has 0 aliphatic heterocycles. The summed E-state index contributed by atoms with van der Waals surface area (Å²) in [4.78, 5) is 8.83. The lowest BCUT2D eigenvalue weighted by atomic mass is 10.1. The minimum Gasteiger partial charge on any atom is -0.497 e. The van der Waals surface area contributed by atoms with E-state index in [9.17, 15) is 0 Å². The summed E-state index contributed by atoms with van der Waals surface area (Å²) in [6, 6.07) is 7.93. The zero-order valence-electron chi connectivity index (χ0n) is 11.3. The van der Waals surface area contributed by atoms with Crippen LogP contribution in [0, 0.1) is 0 Å². The number of aromatic nitrogens is 3. The van der Waals surface area contributed by atoms with E-state index in [1.54, 1.807) is 19.5 Å². The molecule has 0 fully saturated rings. The Kier molecular flexibility index (Phi) is 3.35. The molecular weight excluding hydrogens is 252 g/mol. The molecule has 0 atom stereocenters. The first-order valence-corrected chi connectivity index (χ1v) is 6.49. The normalized spacial score (nSPS) is 10.9. The highest BCUT2D eigenvalue weighted by molar-refractivity contribution is 5.89. The molecule has 0 bridgehead atoms. The Morgan fingerprint density at radius 3 is 2.90 bits per heavy atom. The zero-order chi connectivity index (χ0) is 13.9. The lowest BCUT2D eigenvalue weighted by Crippen LogP contribution is -2.09. The van der Waals surface area contributed by atoms with Crippen LogP contribution in [0.25, 0.3) is 16.6 Å². The average molecular weight is 268 g/mol. The fraction of sp³-hybridized carbons (Fsp3) is 0.200. The summed E-state index contributed by atoms with van der Waals surface area (Å²) in [5.74, 6) is 2.62. The highest BCUT2D eigenvalue weighted by Gasteiger charge is 2.09. The number of rotatable bonds is 4. The van der Waals surface area contributed by atoms with Crippen molar-refractivity contribution in [2.45, 2.75) is 6.42 Å². The number of fused-ring (bicyclic) bond motifs is 1.